The summed E-state index contributed by atoms with van der Waals surface area (Å²) >= 11 is 0. The quantitative estimate of drug-likeness (QED) is 0.718. The van der Waals surface area contributed by atoms with E-state index in [1.165, 1.54) is 5.69 Å². The van der Waals surface area contributed by atoms with E-state index in [1.54, 1.807) is 6.33 Å². The number of rotatable bonds is 3. The molecule has 0 atom stereocenters. The van der Waals surface area contributed by atoms with E-state index in [4.69, 9.17) is 0 Å². The molecule has 1 fully saturated rings. The Hall–Kier alpha value is -2.96. The number of hydrogen-bond donors (Lipinski definition) is 0. The van der Waals surface area contributed by atoms with Gasteiger partial charge in [-0.3, -0.25) is 0 Å². The Morgan fingerprint density at radius 2 is 1.69 bits per heavy atom. The van der Waals surface area contributed by atoms with Crippen molar-refractivity contribution in [2.45, 2.75) is 6.92 Å². The Morgan fingerprint density at radius 3 is 2.42 bits per heavy atom. The molecule has 1 saturated heterocycles. The van der Waals surface area contributed by atoms with Crippen LogP contribution in [0.3, 0.4) is 0 Å². The zero-order valence-electron chi connectivity index (χ0n) is 15.4. The average molecular weight is 349 g/mol. The van der Waals surface area contributed by atoms with Crippen LogP contribution < -0.4 is 14.7 Å². The van der Waals surface area contributed by atoms with Crippen LogP contribution in [0.4, 0.5) is 17.3 Å². The van der Waals surface area contributed by atoms with E-state index in [0.717, 1.165) is 54.5 Å². The number of aromatic nitrogens is 4. The topological polar surface area (TPSA) is 61.3 Å². The van der Waals surface area contributed by atoms with Crippen molar-refractivity contribution < 1.29 is 0 Å². The number of aryl methyl sites for hydroxylation is 1. The standard InChI is InChI=1S/C19H23N7/c1-14-20-7-6-18(23-14)26-10-8-25(9-11-26)15-4-5-17-16(12-15)19(24(2)3)22-13-21-17/h4-7,12-13H,8-11H2,1-3H3. The van der Waals surface area contributed by atoms with Gasteiger partial charge in [0, 0.05) is 57.5 Å². The van der Waals surface area contributed by atoms with Gasteiger partial charge in [-0.25, -0.2) is 19.9 Å². The highest BCUT2D eigenvalue weighted by Gasteiger charge is 2.19. The van der Waals surface area contributed by atoms with E-state index in [2.05, 4.69) is 47.9 Å². The summed E-state index contributed by atoms with van der Waals surface area (Å²) < 4.78 is 0. The van der Waals surface area contributed by atoms with Crippen LogP contribution in [0.15, 0.2) is 36.8 Å². The monoisotopic (exact) mass is 349 g/mol. The molecule has 0 saturated carbocycles. The van der Waals surface area contributed by atoms with Crippen molar-refractivity contribution in [1.82, 2.24) is 19.9 Å². The zero-order chi connectivity index (χ0) is 18.1. The maximum absolute atomic E-state index is 4.54. The maximum Gasteiger partial charge on any atom is 0.139 e. The second-order valence-electron chi connectivity index (χ2n) is 6.73. The van der Waals surface area contributed by atoms with Crippen molar-refractivity contribution in [3.63, 3.8) is 0 Å². The minimum Gasteiger partial charge on any atom is -0.368 e. The molecule has 0 amide bonds. The lowest BCUT2D eigenvalue weighted by atomic mass is 10.1. The van der Waals surface area contributed by atoms with Gasteiger partial charge in [0.25, 0.3) is 0 Å². The summed E-state index contributed by atoms with van der Waals surface area (Å²) in [5.41, 5.74) is 2.19. The SMILES string of the molecule is Cc1nccc(N2CCN(c3ccc4ncnc(N(C)C)c4c3)CC2)n1. The van der Waals surface area contributed by atoms with Gasteiger partial charge in [-0.05, 0) is 31.2 Å². The highest BCUT2D eigenvalue weighted by atomic mass is 15.3. The molecule has 7 heteroatoms. The Morgan fingerprint density at radius 1 is 0.923 bits per heavy atom. The lowest BCUT2D eigenvalue weighted by Crippen LogP contribution is -2.46. The summed E-state index contributed by atoms with van der Waals surface area (Å²) in [6.07, 6.45) is 3.45. The maximum atomic E-state index is 4.54. The van der Waals surface area contributed by atoms with Crippen molar-refractivity contribution in [2.24, 2.45) is 0 Å². The van der Waals surface area contributed by atoms with Gasteiger partial charge in [-0.1, -0.05) is 0 Å². The van der Waals surface area contributed by atoms with Crippen LogP contribution in [0.5, 0.6) is 0 Å². The molecular weight excluding hydrogens is 326 g/mol. The molecular formula is C19H23N7. The van der Waals surface area contributed by atoms with Gasteiger partial charge in [-0.15, -0.1) is 0 Å². The summed E-state index contributed by atoms with van der Waals surface area (Å²) in [6, 6.07) is 8.42. The van der Waals surface area contributed by atoms with Crippen LogP contribution in [0.1, 0.15) is 5.82 Å². The fourth-order valence-electron chi connectivity index (χ4n) is 3.40. The predicted octanol–water partition coefficient (Wildman–Crippen LogP) is 2.12. The van der Waals surface area contributed by atoms with Gasteiger partial charge in [0.2, 0.25) is 0 Å². The van der Waals surface area contributed by atoms with Crippen molar-refractivity contribution in [3.8, 4) is 0 Å². The van der Waals surface area contributed by atoms with Crippen molar-refractivity contribution in [1.29, 1.82) is 0 Å². The third-order valence-corrected chi connectivity index (χ3v) is 4.75. The molecule has 134 valence electrons. The molecule has 0 aliphatic carbocycles. The first-order chi connectivity index (χ1) is 12.6. The van der Waals surface area contributed by atoms with E-state index < -0.39 is 0 Å². The smallest absolute Gasteiger partial charge is 0.139 e. The van der Waals surface area contributed by atoms with Gasteiger partial charge in [0.15, 0.2) is 0 Å². The van der Waals surface area contributed by atoms with Gasteiger partial charge in [0.05, 0.1) is 5.52 Å². The van der Waals surface area contributed by atoms with Crippen molar-refractivity contribution in [2.75, 3.05) is 55.0 Å². The minimum atomic E-state index is 0.815. The van der Waals surface area contributed by atoms with Crippen LogP contribution in [-0.4, -0.2) is 60.2 Å². The van der Waals surface area contributed by atoms with Crippen LogP contribution >= 0.6 is 0 Å². The zero-order valence-corrected chi connectivity index (χ0v) is 15.4. The molecule has 0 N–H and O–H groups in total. The summed E-state index contributed by atoms with van der Waals surface area (Å²) in [7, 11) is 4.02. The molecule has 0 radical (unpaired) electrons. The van der Waals surface area contributed by atoms with Crippen LogP contribution in [0.2, 0.25) is 0 Å². The number of piperazine rings is 1. The summed E-state index contributed by atoms with van der Waals surface area (Å²) in [5, 5.41) is 1.09. The van der Waals surface area contributed by atoms with E-state index in [9.17, 15) is 0 Å². The van der Waals surface area contributed by atoms with Crippen molar-refractivity contribution in [3.05, 3.63) is 42.6 Å². The first-order valence-corrected chi connectivity index (χ1v) is 8.83. The second kappa shape index (κ2) is 6.74. The Labute approximate surface area is 153 Å². The third kappa shape index (κ3) is 3.12. The van der Waals surface area contributed by atoms with Crippen molar-refractivity contribution >= 4 is 28.2 Å². The lowest BCUT2D eigenvalue weighted by molar-refractivity contribution is 0.646. The largest absolute Gasteiger partial charge is 0.368 e. The molecule has 3 heterocycles. The number of hydrogen-bond acceptors (Lipinski definition) is 7. The molecule has 0 unspecified atom stereocenters. The molecule has 1 aromatic carbocycles. The Kier molecular flexibility index (Phi) is 4.28. The van der Waals surface area contributed by atoms with Gasteiger partial charge in [0.1, 0.15) is 23.8 Å². The number of benzene rings is 1. The Bertz CT molecular complexity index is 917. The van der Waals surface area contributed by atoms with Gasteiger partial charge >= 0.3 is 0 Å². The average Bonchev–Trinajstić information content (AvgIpc) is 2.67. The van der Waals surface area contributed by atoms with E-state index in [-0.39, 0.29) is 0 Å². The molecule has 0 spiro atoms. The molecule has 26 heavy (non-hydrogen) atoms. The fraction of sp³-hybridized carbons (Fsp3) is 0.368. The summed E-state index contributed by atoms with van der Waals surface area (Å²) in [6.45, 7) is 5.74. The highest BCUT2D eigenvalue weighted by molar-refractivity contribution is 5.91. The summed E-state index contributed by atoms with van der Waals surface area (Å²) in [5.74, 6) is 2.78. The van der Waals surface area contributed by atoms with E-state index >= 15 is 0 Å². The fourth-order valence-corrected chi connectivity index (χ4v) is 3.40. The molecule has 1 aliphatic rings. The Balaban J connectivity index is 1.55. The van der Waals surface area contributed by atoms with E-state index in [0.29, 0.717) is 0 Å². The first-order valence-electron chi connectivity index (χ1n) is 8.83. The highest BCUT2D eigenvalue weighted by Crippen LogP contribution is 2.27. The molecule has 7 nitrogen and oxygen atoms in total. The molecule has 2 aromatic heterocycles. The van der Waals surface area contributed by atoms with Crippen LogP contribution in [0, 0.1) is 6.92 Å². The molecule has 0 bridgehead atoms. The number of nitrogens with zero attached hydrogens (tertiary/aromatic N) is 7. The van der Waals surface area contributed by atoms with Gasteiger partial charge in [-0.2, -0.15) is 0 Å². The normalized spacial score (nSPS) is 14.7. The number of anilines is 3. The number of fused-ring (bicyclic) bond motifs is 1. The second-order valence-corrected chi connectivity index (χ2v) is 6.73. The first kappa shape index (κ1) is 16.5. The van der Waals surface area contributed by atoms with Gasteiger partial charge < -0.3 is 14.7 Å². The molecule has 1 aliphatic heterocycles. The molecule has 4 rings (SSSR count). The van der Waals surface area contributed by atoms with E-state index in [1.807, 2.05) is 38.2 Å². The summed E-state index contributed by atoms with van der Waals surface area (Å²) in [4.78, 5) is 24.3. The van der Waals surface area contributed by atoms with Crippen LogP contribution in [0.25, 0.3) is 10.9 Å². The van der Waals surface area contributed by atoms with Crippen LogP contribution in [-0.2, 0) is 0 Å². The third-order valence-electron chi connectivity index (χ3n) is 4.75. The lowest BCUT2D eigenvalue weighted by Gasteiger charge is -2.36. The predicted molar refractivity (Wildman–Crippen MR) is 105 cm³/mol. The minimum absolute atomic E-state index is 0.815. The molecule has 3 aromatic rings.